The highest BCUT2D eigenvalue weighted by atomic mass is 16.5. The maximum absolute atomic E-state index is 10.9. The van der Waals surface area contributed by atoms with Gasteiger partial charge in [0.15, 0.2) is 0 Å². The number of ether oxygens (including phenoxy) is 1. The Kier molecular flexibility index (Phi) is 5.60. The summed E-state index contributed by atoms with van der Waals surface area (Å²) in [7, 11) is 1.82. The molecule has 2 aliphatic rings. The predicted octanol–water partition coefficient (Wildman–Crippen LogP) is 4.25. The Labute approximate surface area is 191 Å². The zero-order valence-corrected chi connectivity index (χ0v) is 19.7. The Balaban J connectivity index is 1.38. The smallest absolute Gasteiger partial charge is 0.141 e. The summed E-state index contributed by atoms with van der Waals surface area (Å²) in [5, 5.41) is 10.9. The van der Waals surface area contributed by atoms with Crippen LogP contribution in [-0.4, -0.2) is 52.4 Å². The standard InChI is InChI=1S/C27H35N3O2/c1-18-9-10-23-22(13-18)28-26(27(2,3)31)30(23)24-11-12-29(17-25(24)32-4)16-19-14-20-7-5-6-8-21(20)15-19/h5-10,13,19,24-25,31H,11-12,14-17H2,1-4H3/t24-,25+/m1/s1. The van der Waals surface area contributed by atoms with E-state index in [2.05, 4.69) is 58.9 Å². The quantitative estimate of drug-likeness (QED) is 0.654. The molecule has 0 bridgehead atoms. The first-order valence-corrected chi connectivity index (χ1v) is 11.9. The molecule has 1 aliphatic heterocycles. The minimum atomic E-state index is -1.02. The van der Waals surface area contributed by atoms with Crippen molar-refractivity contribution in [3.63, 3.8) is 0 Å². The third-order valence-electron chi connectivity index (χ3n) is 7.29. The van der Waals surface area contributed by atoms with Gasteiger partial charge in [0.1, 0.15) is 11.4 Å². The largest absolute Gasteiger partial charge is 0.383 e. The summed E-state index contributed by atoms with van der Waals surface area (Å²) in [5.74, 6) is 1.41. The fourth-order valence-corrected chi connectivity index (χ4v) is 5.78. The third-order valence-corrected chi connectivity index (χ3v) is 7.29. The van der Waals surface area contributed by atoms with E-state index >= 15 is 0 Å². The van der Waals surface area contributed by atoms with E-state index in [0.29, 0.717) is 5.92 Å². The Morgan fingerprint density at radius 1 is 1.12 bits per heavy atom. The molecular weight excluding hydrogens is 398 g/mol. The van der Waals surface area contributed by atoms with E-state index in [0.717, 1.165) is 42.9 Å². The van der Waals surface area contributed by atoms with Gasteiger partial charge in [-0.1, -0.05) is 30.3 Å². The van der Waals surface area contributed by atoms with Gasteiger partial charge < -0.3 is 19.3 Å². The zero-order chi connectivity index (χ0) is 22.5. The Bertz CT molecular complexity index is 1090. The number of benzene rings is 2. The number of hydrogen-bond donors (Lipinski definition) is 1. The first kappa shape index (κ1) is 21.6. The van der Waals surface area contributed by atoms with Crippen LogP contribution in [0.5, 0.6) is 0 Å². The van der Waals surface area contributed by atoms with Gasteiger partial charge in [0.25, 0.3) is 0 Å². The summed E-state index contributed by atoms with van der Waals surface area (Å²) >= 11 is 0. The van der Waals surface area contributed by atoms with E-state index in [-0.39, 0.29) is 12.1 Å². The van der Waals surface area contributed by atoms with Crippen LogP contribution < -0.4 is 0 Å². The normalized spacial score (nSPS) is 22.5. The number of likely N-dealkylation sites (tertiary alicyclic amines) is 1. The minimum Gasteiger partial charge on any atom is -0.383 e. The third kappa shape index (κ3) is 3.98. The van der Waals surface area contributed by atoms with Gasteiger partial charge in [-0.05, 0) is 74.8 Å². The fourth-order valence-electron chi connectivity index (χ4n) is 5.78. The number of aliphatic hydroxyl groups is 1. The average molecular weight is 434 g/mol. The van der Waals surface area contributed by atoms with Gasteiger partial charge in [0.05, 0.1) is 23.2 Å². The molecular formula is C27H35N3O2. The molecule has 5 rings (SSSR count). The molecule has 5 nitrogen and oxygen atoms in total. The molecule has 1 N–H and O–H groups in total. The van der Waals surface area contributed by atoms with E-state index in [1.54, 1.807) is 0 Å². The Morgan fingerprint density at radius 3 is 2.50 bits per heavy atom. The van der Waals surface area contributed by atoms with Crippen LogP contribution >= 0.6 is 0 Å². The van der Waals surface area contributed by atoms with E-state index < -0.39 is 5.60 Å². The van der Waals surface area contributed by atoms with E-state index in [4.69, 9.17) is 9.72 Å². The monoisotopic (exact) mass is 433 g/mol. The van der Waals surface area contributed by atoms with Crippen molar-refractivity contribution in [1.82, 2.24) is 14.5 Å². The van der Waals surface area contributed by atoms with Crippen molar-refractivity contribution >= 4 is 11.0 Å². The summed E-state index contributed by atoms with van der Waals surface area (Å²) in [6.07, 6.45) is 3.41. The number of fused-ring (bicyclic) bond motifs is 2. The molecule has 2 heterocycles. The molecule has 0 saturated carbocycles. The van der Waals surface area contributed by atoms with Crippen molar-refractivity contribution in [3.05, 3.63) is 65.0 Å². The maximum atomic E-state index is 10.9. The van der Waals surface area contributed by atoms with E-state index in [1.807, 2.05) is 21.0 Å². The molecule has 5 heteroatoms. The summed E-state index contributed by atoms with van der Waals surface area (Å²) in [5.41, 5.74) is 5.23. The number of aryl methyl sites for hydroxylation is 1. The first-order chi connectivity index (χ1) is 15.3. The number of imidazole rings is 1. The highest BCUT2D eigenvalue weighted by molar-refractivity contribution is 5.77. The van der Waals surface area contributed by atoms with Gasteiger partial charge in [-0.25, -0.2) is 4.98 Å². The van der Waals surface area contributed by atoms with Crippen LogP contribution in [0, 0.1) is 12.8 Å². The first-order valence-electron chi connectivity index (χ1n) is 11.9. The molecule has 1 aromatic heterocycles. The number of rotatable bonds is 5. The molecule has 32 heavy (non-hydrogen) atoms. The second-order valence-corrected chi connectivity index (χ2v) is 10.3. The van der Waals surface area contributed by atoms with Crippen LogP contribution in [0.2, 0.25) is 0 Å². The number of nitrogens with zero attached hydrogens (tertiary/aromatic N) is 3. The second kappa shape index (κ2) is 8.29. The molecule has 0 spiro atoms. The molecule has 170 valence electrons. The summed E-state index contributed by atoms with van der Waals surface area (Å²) in [6.45, 7) is 8.79. The molecule has 0 unspecified atom stereocenters. The molecule has 1 saturated heterocycles. The lowest BCUT2D eigenvalue weighted by Gasteiger charge is -2.40. The highest BCUT2D eigenvalue weighted by Gasteiger charge is 2.37. The number of aromatic nitrogens is 2. The molecule has 1 aliphatic carbocycles. The minimum absolute atomic E-state index is 0.0623. The van der Waals surface area contributed by atoms with Crippen LogP contribution in [0.3, 0.4) is 0 Å². The lowest BCUT2D eigenvalue weighted by molar-refractivity contribution is -0.0151. The maximum Gasteiger partial charge on any atom is 0.141 e. The highest BCUT2D eigenvalue weighted by Crippen LogP contribution is 2.35. The Hall–Kier alpha value is -2.21. The van der Waals surface area contributed by atoms with Crippen LogP contribution in [0.1, 0.15) is 48.8 Å². The van der Waals surface area contributed by atoms with Crippen molar-refractivity contribution < 1.29 is 9.84 Å². The number of methoxy groups -OCH3 is 1. The van der Waals surface area contributed by atoms with Gasteiger partial charge in [0, 0.05) is 26.7 Å². The summed E-state index contributed by atoms with van der Waals surface area (Å²) < 4.78 is 8.31. The van der Waals surface area contributed by atoms with Gasteiger partial charge >= 0.3 is 0 Å². The summed E-state index contributed by atoms with van der Waals surface area (Å²) in [4.78, 5) is 7.44. The van der Waals surface area contributed by atoms with Gasteiger partial charge in [-0.15, -0.1) is 0 Å². The predicted molar refractivity (Wildman–Crippen MR) is 128 cm³/mol. The van der Waals surface area contributed by atoms with Crippen molar-refractivity contribution in [2.75, 3.05) is 26.7 Å². The van der Waals surface area contributed by atoms with Crippen molar-refractivity contribution in [3.8, 4) is 0 Å². The van der Waals surface area contributed by atoms with Crippen molar-refractivity contribution in [2.24, 2.45) is 5.92 Å². The van der Waals surface area contributed by atoms with Gasteiger partial charge in [-0.2, -0.15) is 0 Å². The molecule has 2 atom stereocenters. The molecule has 2 aromatic carbocycles. The molecule has 1 fully saturated rings. The Morgan fingerprint density at radius 2 is 1.84 bits per heavy atom. The van der Waals surface area contributed by atoms with Gasteiger partial charge in [-0.3, -0.25) is 0 Å². The second-order valence-electron chi connectivity index (χ2n) is 10.3. The SMILES string of the molecule is CO[C@H]1CN(CC2Cc3ccccc3C2)CC[C@H]1n1c(C(C)(C)O)nc2cc(C)ccc21. The lowest BCUT2D eigenvalue weighted by atomic mass is 9.97. The zero-order valence-electron chi connectivity index (χ0n) is 19.7. The molecule has 3 aromatic rings. The van der Waals surface area contributed by atoms with Crippen molar-refractivity contribution in [2.45, 2.75) is 57.8 Å². The average Bonchev–Trinajstić information content (AvgIpc) is 3.34. The van der Waals surface area contributed by atoms with Crippen LogP contribution in [-0.2, 0) is 23.2 Å². The summed E-state index contributed by atoms with van der Waals surface area (Å²) in [6, 6.07) is 15.4. The lowest BCUT2D eigenvalue weighted by Crippen LogP contribution is -2.47. The van der Waals surface area contributed by atoms with Crippen LogP contribution in [0.4, 0.5) is 0 Å². The van der Waals surface area contributed by atoms with Crippen LogP contribution in [0.15, 0.2) is 42.5 Å². The molecule has 0 radical (unpaired) electrons. The van der Waals surface area contributed by atoms with E-state index in [9.17, 15) is 5.11 Å². The fraction of sp³-hybridized carbons (Fsp3) is 0.519. The van der Waals surface area contributed by atoms with Crippen LogP contribution in [0.25, 0.3) is 11.0 Å². The van der Waals surface area contributed by atoms with Gasteiger partial charge in [0.2, 0.25) is 0 Å². The van der Waals surface area contributed by atoms with Crippen molar-refractivity contribution in [1.29, 1.82) is 0 Å². The number of piperidine rings is 1. The topological polar surface area (TPSA) is 50.5 Å². The molecule has 0 amide bonds. The van der Waals surface area contributed by atoms with E-state index in [1.165, 1.54) is 29.5 Å². The number of hydrogen-bond acceptors (Lipinski definition) is 4.